The minimum Gasteiger partial charge on any atom is -0.457 e. The van der Waals surface area contributed by atoms with Crippen LogP contribution in [0.3, 0.4) is 0 Å². The largest absolute Gasteiger partial charge is 0.457 e. The van der Waals surface area contributed by atoms with Crippen LogP contribution in [0.4, 0.5) is 0 Å². The molecule has 4 heteroatoms. The van der Waals surface area contributed by atoms with Gasteiger partial charge in [0, 0.05) is 9.80 Å². The second kappa shape index (κ2) is 6.03. The number of nitrogens with zero attached hydrogens (tertiary/aromatic N) is 1. The Morgan fingerprint density at radius 1 is 1.11 bits per heavy atom. The third-order valence-corrected chi connectivity index (χ3v) is 3.71. The summed E-state index contributed by atoms with van der Waals surface area (Å²) < 4.78 is 6.70. The number of ether oxygens (including phenoxy) is 1. The quantitative estimate of drug-likeness (QED) is 0.715. The van der Waals surface area contributed by atoms with Crippen LogP contribution in [0.2, 0.25) is 0 Å². The zero-order valence-corrected chi connectivity index (χ0v) is 12.5. The van der Waals surface area contributed by atoms with E-state index in [0.29, 0.717) is 11.3 Å². The third kappa shape index (κ3) is 3.12. The van der Waals surface area contributed by atoms with Crippen LogP contribution in [0.1, 0.15) is 11.1 Å². The first-order valence-electron chi connectivity index (χ1n) is 5.25. The molecule has 0 saturated carbocycles. The molecule has 2 nitrogen and oxygen atoms in total. The summed E-state index contributed by atoms with van der Waals surface area (Å²) in [5, 5.41) is 9.61. The van der Waals surface area contributed by atoms with Crippen LogP contribution >= 0.6 is 31.9 Å². The van der Waals surface area contributed by atoms with Crippen molar-refractivity contribution in [3.05, 3.63) is 58.1 Å². The van der Waals surface area contributed by atoms with Crippen molar-refractivity contribution < 1.29 is 4.74 Å². The second-order valence-electron chi connectivity index (χ2n) is 3.63. The third-order valence-electron chi connectivity index (χ3n) is 2.37. The monoisotopic (exact) mass is 365 g/mol. The van der Waals surface area contributed by atoms with Crippen molar-refractivity contribution >= 4 is 31.9 Å². The Labute approximate surface area is 122 Å². The summed E-state index contributed by atoms with van der Waals surface area (Å²) in [5.74, 6) is 1.40. The van der Waals surface area contributed by atoms with Crippen molar-refractivity contribution in [2.75, 3.05) is 0 Å². The Hall–Kier alpha value is -1.31. The predicted molar refractivity (Wildman–Crippen MR) is 78.0 cm³/mol. The highest BCUT2D eigenvalue weighted by Crippen LogP contribution is 2.28. The summed E-state index contributed by atoms with van der Waals surface area (Å²) in [6.07, 6.45) is 0. The number of nitriles is 1. The molecular formula is C14H9Br2NO. The molecule has 2 aromatic rings. The van der Waals surface area contributed by atoms with Gasteiger partial charge in [-0.15, -0.1) is 0 Å². The molecule has 0 aromatic heterocycles. The molecule has 0 fully saturated rings. The first-order valence-corrected chi connectivity index (χ1v) is 7.17. The average molecular weight is 367 g/mol. The number of halogens is 2. The van der Waals surface area contributed by atoms with Crippen LogP contribution in [0, 0.1) is 11.3 Å². The van der Waals surface area contributed by atoms with E-state index in [0.717, 1.165) is 21.1 Å². The lowest BCUT2D eigenvalue weighted by atomic mass is 10.2. The zero-order chi connectivity index (χ0) is 13.0. The van der Waals surface area contributed by atoms with Crippen LogP contribution in [0.25, 0.3) is 0 Å². The molecule has 0 atom stereocenters. The van der Waals surface area contributed by atoms with E-state index in [4.69, 9.17) is 10.00 Å². The molecule has 18 heavy (non-hydrogen) atoms. The molecule has 0 spiro atoms. The van der Waals surface area contributed by atoms with Gasteiger partial charge in [-0.2, -0.15) is 5.26 Å². The van der Waals surface area contributed by atoms with Gasteiger partial charge < -0.3 is 4.74 Å². The molecule has 0 aliphatic rings. The lowest BCUT2D eigenvalue weighted by Crippen LogP contribution is -1.87. The van der Waals surface area contributed by atoms with Gasteiger partial charge >= 0.3 is 0 Å². The van der Waals surface area contributed by atoms with E-state index in [9.17, 15) is 0 Å². The van der Waals surface area contributed by atoms with E-state index in [1.54, 1.807) is 18.2 Å². The van der Waals surface area contributed by atoms with Gasteiger partial charge in [0.15, 0.2) is 0 Å². The van der Waals surface area contributed by atoms with E-state index in [2.05, 4.69) is 37.9 Å². The van der Waals surface area contributed by atoms with Crippen molar-refractivity contribution in [2.45, 2.75) is 5.33 Å². The first kappa shape index (κ1) is 13.1. The Morgan fingerprint density at radius 2 is 1.89 bits per heavy atom. The standard InChI is InChI=1S/C14H9Br2NO/c15-8-11-4-5-13(7-14(11)16)18-12-3-1-2-10(6-12)9-17/h1-7H,8H2. The highest BCUT2D eigenvalue weighted by atomic mass is 79.9. The molecule has 0 heterocycles. The molecular weight excluding hydrogens is 358 g/mol. The molecule has 0 saturated heterocycles. The maximum absolute atomic E-state index is 8.82. The van der Waals surface area contributed by atoms with Crippen LogP contribution in [-0.2, 0) is 5.33 Å². The van der Waals surface area contributed by atoms with Crippen LogP contribution in [-0.4, -0.2) is 0 Å². The predicted octanol–water partition coefficient (Wildman–Crippen LogP) is 5.01. The molecule has 0 N–H and O–H groups in total. The smallest absolute Gasteiger partial charge is 0.128 e. The molecule has 0 amide bonds. The Bertz CT molecular complexity index is 605. The minimum absolute atomic E-state index is 0.587. The number of rotatable bonds is 3. The topological polar surface area (TPSA) is 33.0 Å². The fourth-order valence-corrected chi connectivity index (χ4v) is 2.83. The van der Waals surface area contributed by atoms with Crippen molar-refractivity contribution in [2.24, 2.45) is 0 Å². The van der Waals surface area contributed by atoms with Gasteiger partial charge in [0.1, 0.15) is 11.5 Å². The van der Waals surface area contributed by atoms with Crippen molar-refractivity contribution in [3.63, 3.8) is 0 Å². The van der Waals surface area contributed by atoms with E-state index in [1.165, 1.54) is 0 Å². The summed E-state index contributed by atoms with van der Waals surface area (Å²) in [5.41, 5.74) is 1.75. The van der Waals surface area contributed by atoms with Gasteiger partial charge in [0.2, 0.25) is 0 Å². The van der Waals surface area contributed by atoms with E-state index in [-0.39, 0.29) is 0 Å². The number of alkyl halides is 1. The van der Waals surface area contributed by atoms with Gasteiger partial charge in [0.25, 0.3) is 0 Å². The fraction of sp³-hybridized carbons (Fsp3) is 0.0714. The van der Waals surface area contributed by atoms with Gasteiger partial charge in [-0.3, -0.25) is 0 Å². The maximum atomic E-state index is 8.82. The lowest BCUT2D eigenvalue weighted by Gasteiger charge is -2.08. The molecule has 90 valence electrons. The van der Waals surface area contributed by atoms with E-state index >= 15 is 0 Å². The molecule has 0 aliphatic heterocycles. The number of hydrogen-bond acceptors (Lipinski definition) is 2. The average Bonchev–Trinajstić information content (AvgIpc) is 2.39. The number of hydrogen-bond donors (Lipinski definition) is 0. The molecule has 0 radical (unpaired) electrons. The molecule has 2 rings (SSSR count). The SMILES string of the molecule is N#Cc1cccc(Oc2ccc(CBr)c(Br)c2)c1. The highest BCUT2D eigenvalue weighted by molar-refractivity contribution is 9.10. The molecule has 2 aromatic carbocycles. The van der Waals surface area contributed by atoms with Gasteiger partial charge in [-0.05, 0) is 35.9 Å². The summed E-state index contributed by atoms with van der Waals surface area (Å²) in [6, 6.07) is 15.0. The minimum atomic E-state index is 0.587. The first-order chi connectivity index (χ1) is 8.72. The lowest BCUT2D eigenvalue weighted by molar-refractivity contribution is 0.482. The van der Waals surface area contributed by atoms with Gasteiger partial charge in [-0.25, -0.2) is 0 Å². The van der Waals surface area contributed by atoms with Crippen LogP contribution in [0.5, 0.6) is 11.5 Å². The summed E-state index contributed by atoms with van der Waals surface area (Å²) in [4.78, 5) is 0. The van der Waals surface area contributed by atoms with Crippen LogP contribution < -0.4 is 4.74 Å². The van der Waals surface area contributed by atoms with E-state index < -0.39 is 0 Å². The van der Waals surface area contributed by atoms with Crippen molar-refractivity contribution in [1.82, 2.24) is 0 Å². The Kier molecular flexibility index (Phi) is 4.40. The normalized spacial score (nSPS) is 9.83. The Balaban J connectivity index is 2.23. The second-order valence-corrected chi connectivity index (χ2v) is 5.04. The highest BCUT2D eigenvalue weighted by Gasteiger charge is 2.03. The zero-order valence-electron chi connectivity index (χ0n) is 9.36. The van der Waals surface area contributed by atoms with Gasteiger partial charge in [-0.1, -0.05) is 44.0 Å². The summed E-state index contributed by atoms with van der Waals surface area (Å²) >= 11 is 6.90. The summed E-state index contributed by atoms with van der Waals surface area (Å²) in [7, 11) is 0. The maximum Gasteiger partial charge on any atom is 0.128 e. The molecule has 0 bridgehead atoms. The molecule has 0 unspecified atom stereocenters. The Morgan fingerprint density at radius 3 is 2.56 bits per heavy atom. The fourth-order valence-electron chi connectivity index (χ4n) is 1.47. The summed E-state index contributed by atoms with van der Waals surface area (Å²) in [6.45, 7) is 0. The van der Waals surface area contributed by atoms with Gasteiger partial charge in [0.05, 0.1) is 11.6 Å². The van der Waals surface area contributed by atoms with Crippen molar-refractivity contribution in [1.29, 1.82) is 5.26 Å². The van der Waals surface area contributed by atoms with E-state index in [1.807, 2.05) is 24.3 Å². The molecule has 0 aliphatic carbocycles. The van der Waals surface area contributed by atoms with Crippen molar-refractivity contribution in [3.8, 4) is 17.6 Å². The number of benzene rings is 2. The van der Waals surface area contributed by atoms with Crippen LogP contribution in [0.15, 0.2) is 46.9 Å².